The van der Waals surface area contributed by atoms with Gasteiger partial charge in [0.1, 0.15) is 0 Å². The summed E-state index contributed by atoms with van der Waals surface area (Å²) in [6.07, 6.45) is -0.0904. The monoisotopic (exact) mass is 328 g/mol. The normalized spacial score (nSPS) is 22.1. The number of halogens is 2. The Kier molecular flexibility index (Phi) is 5.18. The first-order chi connectivity index (χ1) is 9.84. The summed E-state index contributed by atoms with van der Waals surface area (Å²) in [5, 5.41) is 5.50. The molecule has 1 heterocycles. The lowest BCUT2D eigenvalue weighted by Gasteiger charge is -2.36. The van der Waals surface area contributed by atoms with Gasteiger partial charge in [0, 0.05) is 17.6 Å². The van der Waals surface area contributed by atoms with E-state index in [1.54, 1.807) is 0 Å². The van der Waals surface area contributed by atoms with Gasteiger partial charge in [-0.25, -0.2) is 0 Å². The lowest BCUT2D eigenvalue weighted by Crippen LogP contribution is -2.48. The minimum atomic E-state index is -0.0904. The molecule has 0 fully saturated rings. The van der Waals surface area contributed by atoms with Crippen molar-refractivity contribution in [2.75, 3.05) is 0 Å². The quantitative estimate of drug-likeness (QED) is 0.792. The maximum Gasteiger partial charge on any atom is 0.189 e. The Labute approximate surface area is 136 Å². The van der Waals surface area contributed by atoms with Crippen LogP contribution in [-0.4, -0.2) is 28.9 Å². The number of nitrogens with zero attached hydrogens (tertiary/aromatic N) is 2. The SMILES string of the molecule is CC(C)N(C(C)C)[C@H]1ON=C(c2c(Cl)cccc2Cl)[C@H]1C. The predicted octanol–water partition coefficient (Wildman–Crippen LogP) is 4.81. The number of hydrogen-bond donors (Lipinski definition) is 0. The van der Waals surface area contributed by atoms with Crippen molar-refractivity contribution in [1.29, 1.82) is 0 Å². The minimum absolute atomic E-state index is 0.0904. The maximum absolute atomic E-state index is 6.29. The third-order valence-corrected chi connectivity index (χ3v) is 4.45. The topological polar surface area (TPSA) is 24.8 Å². The van der Waals surface area contributed by atoms with E-state index in [0.717, 1.165) is 11.3 Å². The molecule has 116 valence electrons. The van der Waals surface area contributed by atoms with Crippen LogP contribution >= 0.6 is 23.2 Å². The molecule has 3 nitrogen and oxygen atoms in total. The van der Waals surface area contributed by atoms with Crippen molar-refractivity contribution < 1.29 is 4.84 Å². The lowest BCUT2D eigenvalue weighted by molar-refractivity contribution is -0.0856. The van der Waals surface area contributed by atoms with Crippen LogP contribution in [0.4, 0.5) is 0 Å². The number of rotatable bonds is 4. The molecule has 0 bridgehead atoms. The van der Waals surface area contributed by atoms with Crippen LogP contribution in [0.1, 0.15) is 40.2 Å². The third kappa shape index (κ3) is 3.20. The molecule has 1 aliphatic heterocycles. The highest BCUT2D eigenvalue weighted by Crippen LogP contribution is 2.34. The van der Waals surface area contributed by atoms with Crippen molar-refractivity contribution in [3.8, 4) is 0 Å². The second-order valence-electron chi connectivity index (χ2n) is 5.99. The molecule has 0 unspecified atom stereocenters. The molecule has 5 heteroatoms. The number of benzene rings is 1. The highest BCUT2D eigenvalue weighted by molar-refractivity contribution is 6.40. The maximum atomic E-state index is 6.29. The van der Waals surface area contributed by atoms with E-state index in [2.05, 4.69) is 44.7 Å². The van der Waals surface area contributed by atoms with E-state index in [9.17, 15) is 0 Å². The van der Waals surface area contributed by atoms with Crippen molar-refractivity contribution in [1.82, 2.24) is 4.90 Å². The van der Waals surface area contributed by atoms with Gasteiger partial charge >= 0.3 is 0 Å². The molecule has 21 heavy (non-hydrogen) atoms. The standard InChI is InChI=1S/C16H22Cl2N2O/c1-9(2)20(10(3)4)16-11(5)15(19-21-16)14-12(17)7-6-8-13(14)18/h6-11,16H,1-5H3/t11-,16+/m1/s1. The average molecular weight is 329 g/mol. The number of hydrogen-bond acceptors (Lipinski definition) is 3. The van der Waals surface area contributed by atoms with Crippen LogP contribution in [0, 0.1) is 5.92 Å². The fourth-order valence-corrected chi connectivity index (χ4v) is 3.52. The van der Waals surface area contributed by atoms with Crippen molar-refractivity contribution in [3.05, 3.63) is 33.8 Å². The van der Waals surface area contributed by atoms with Crippen LogP contribution in [0.5, 0.6) is 0 Å². The Morgan fingerprint density at radius 2 is 1.62 bits per heavy atom. The molecule has 0 spiro atoms. The molecule has 0 saturated carbocycles. The van der Waals surface area contributed by atoms with E-state index in [1.807, 2.05) is 18.2 Å². The molecule has 1 aromatic carbocycles. The molecular formula is C16H22Cl2N2O. The van der Waals surface area contributed by atoms with E-state index in [1.165, 1.54) is 0 Å². The summed E-state index contributed by atoms with van der Waals surface area (Å²) in [7, 11) is 0. The fourth-order valence-electron chi connectivity index (χ4n) is 2.93. The summed E-state index contributed by atoms with van der Waals surface area (Å²) in [6.45, 7) is 10.8. The molecule has 0 saturated heterocycles. The second-order valence-corrected chi connectivity index (χ2v) is 6.81. The fraction of sp³-hybridized carbons (Fsp3) is 0.562. The Hall–Kier alpha value is -0.770. The van der Waals surface area contributed by atoms with Gasteiger partial charge in [-0.15, -0.1) is 0 Å². The Morgan fingerprint density at radius 3 is 2.10 bits per heavy atom. The minimum Gasteiger partial charge on any atom is -0.375 e. The Bertz CT molecular complexity index is 515. The van der Waals surface area contributed by atoms with Gasteiger partial charge in [0.2, 0.25) is 0 Å². The molecule has 2 rings (SSSR count). The molecule has 0 aromatic heterocycles. The molecule has 0 N–H and O–H groups in total. The van der Waals surface area contributed by atoms with Crippen molar-refractivity contribution in [3.63, 3.8) is 0 Å². The van der Waals surface area contributed by atoms with Crippen LogP contribution in [-0.2, 0) is 4.84 Å². The van der Waals surface area contributed by atoms with Crippen LogP contribution in [0.3, 0.4) is 0 Å². The summed E-state index contributed by atoms with van der Waals surface area (Å²) in [4.78, 5) is 8.04. The average Bonchev–Trinajstić information content (AvgIpc) is 2.71. The Balaban J connectivity index is 2.31. The molecule has 0 radical (unpaired) electrons. The van der Waals surface area contributed by atoms with Gasteiger partial charge in [-0.1, -0.05) is 41.3 Å². The van der Waals surface area contributed by atoms with Gasteiger partial charge in [0.15, 0.2) is 6.23 Å². The zero-order valence-corrected chi connectivity index (χ0v) is 14.6. The summed E-state index contributed by atoms with van der Waals surface area (Å²) in [5.41, 5.74) is 1.60. The summed E-state index contributed by atoms with van der Waals surface area (Å²) < 4.78 is 0. The van der Waals surface area contributed by atoms with Gasteiger partial charge in [-0.2, -0.15) is 0 Å². The van der Waals surface area contributed by atoms with Crippen LogP contribution < -0.4 is 0 Å². The first-order valence-electron chi connectivity index (χ1n) is 7.30. The molecule has 1 aliphatic rings. The van der Waals surface area contributed by atoms with Gasteiger partial charge < -0.3 is 4.84 Å². The first-order valence-corrected chi connectivity index (χ1v) is 8.05. The van der Waals surface area contributed by atoms with E-state index >= 15 is 0 Å². The van der Waals surface area contributed by atoms with E-state index < -0.39 is 0 Å². The Morgan fingerprint density at radius 1 is 1.10 bits per heavy atom. The molecule has 2 atom stereocenters. The molecule has 1 aromatic rings. The highest BCUT2D eigenvalue weighted by atomic mass is 35.5. The number of oxime groups is 1. The zero-order valence-electron chi connectivity index (χ0n) is 13.1. The van der Waals surface area contributed by atoms with Crippen LogP contribution in [0.2, 0.25) is 10.0 Å². The smallest absolute Gasteiger partial charge is 0.189 e. The molecule has 0 aliphatic carbocycles. The van der Waals surface area contributed by atoms with Gasteiger partial charge in [0.25, 0.3) is 0 Å². The highest BCUT2D eigenvalue weighted by Gasteiger charge is 2.39. The van der Waals surface area contributed by atoms with Crippen molar-refractivity contribution >= 4 is 28.9 Å². The predicted molar refractivity (Wildman–Crippen MR) is 89.1 cm³/mol. The summed E-state index contributed by atoms with van der Waals surface area (Å²) in [5.74, 6) is 0.104. The van der Waals surface area contributed by atoms with Crippen LogP contribution in [0.25, 0.3) is 0 Å². The van der Waals surface area contributed by atoms with E-state index in [-0.39, 0.29) is 12.1 Å². The largest absolute Gasteiger partial charge is 0.375 e. The van der Waals surface area contributed by atoms with Crippen molar-refractivity contribution in [2.45, 2.75) is 52.9 Å². The van der Waals surface area contributed by atoms with Gasteiger partial charge in [0.05, 0.1) is 21.7 Å². The second kappa shape index (κ2) is 6.55. The van der Waals surface area contributed by atoms with E-state index in [0.29, 0.717) is 22.1 Å². The summed E-state index contributed by atoms with van der Waals surface area (Å²) >= 11 is 12.6. The van der Waals surface area contributed by atoms with Crippen molar-refractivity contribution in [2.24, 2.45) is 11.1 Å². The zero-order chi connectivity index (χ0) is 15.7. The third-order valence-electron chi connectivity index (χ3n) is 3.82. The summed E-state index contributed by atoms with van der Waals surface area (Å²) in [6, 6.07) is 6.23. The van der Waals surface area contributed by atoms with Gasteiger partial charge in [-0.05, 0) is 39.8 Å². The molecule has 0 amide bonds. The van der Waals surface area contributed by atoms with E-state index in [4.69, 9.17) is 28.0 Å². The molecular weight excluding hydrogens is 307 g/mol. The first kappa shape index (κ1) is 16.6. The van der Waals surface area contributed by atoms with Gasteiger partial charge in [-0.3, -0.25) is 4.90 Å². The lowest BCUT2D eigenvalue weighted by atomic mass is 9.95. The van der Waals surface area contributed by atoms with Crippen LogP contribution in [0.15, 0.2) is 23.4 Å².